The molecule has 2 rings (SSSR count). The second-order valence-corrected chi connectivity index (χ2v) is 22.9. The number of carboxylic acid groups (broad SMARTS) is 3. The molecule has 12 atom stereocenters. The molecule has 2 aromatic carbocycles. The van der Waals surface area contributed by atoms with Crippen LogP contribution in [-0.2, 0) is 75.2 Å². The van der Waals surface area contributed by atoms with E-state index in [0.717, 1.165) is 6.92 Å². The van der Waals surface area contributed by atoms with E-state index in [2.05, 4.69) is 47.9 Å². The topological polar surface area (TPSA) is 509 Å². The van der Waals surface area contributed by atoms with Crippen LogP contribution < -0.4 is 65.1 Å². The fourth-order valence-corrected chi connectivity index (χ4v) is 9.29. The molecule has 0 heterocycles. The number of carboxylic acids is 3. The van der Waals surface area contributed by atoms with E-state index < -0.39 is 181 Å². The molecular weight excluding hydrogens is 1180 g/mol. The van der Waals surface area contributed by atoms with Crippen LogP contribution in [0.3, 0.4) is 0 Å². The Kier molecular flexibility index (Phi) is 34.0. The third-order valence-corrected chi connectivity index (χ3v) is 14.6. The van der Waals surface area contributed by atoms with Gasteiger partial charge in [0.05, 0.1) is 25.0 Å². The monoisotopic (exact) mass is 1270 g/mol. The number of aliphatic hydroxyl groups excluding tert-OH is 1. The number of primary amides is 1. The Hall–Kier alpha value is -8.42. The van der Waals surface area contributed by atoms with Crippen molar-refractivity contribution in [1.29, 1.82) is 0 Å². The number of hydrogen-bond acceptors (Lipinski definition) is 18. The molecule has 89 heavy (non-hydrogen) atoms. The van der Waals surface area contributed by atoms with E-state index in [0.29, 0.717) is 23.3 Å². The quantitative estimate of drug-likeness (QED) is 0.0306. The molecule has 2 aromatic rings. The summed E-state index contributed by atoms with van der Waals surface area (Å²) in [5, 5.41) is 71.5. The predicted octanol–water partition coefficient (Wildman–Crippen LogP) is -2.48. The van der Waals surface area contributed by atoms with Crippen LogP contribution in [-0.4, -0.2) is 188 Å². The van der Waals surface area contributed by atoms with Crippen molar-refractivity contribution in [3.63, 3.8) is 0 Å². The average Bonchev–Trinajstić information content (AvgIpc) is 2.58. The van der Waals surface area contributed by atoms with Crippen molar-refractivity contribution in [2.45, 2.75) is 178 Å². The molecule has 494 valence electrons. The van der Waals surface area contributed by atoms with Crippen molar-refractivity contribution in [3.05, 3.63) is 65.7 Å². The first kappa shape index (κ1) is 76.7. The van der Waals surface area contributed by atoms with Gasteiger partial charge in [-0.3, -0.25) is 57.5 Å². The van der Waals surface area contributed by atoms with Gasteiger partial charge in [-0.25, -0.2) is 4.79 Å². The Labute approximate surface area is 519 Å². The van der Waals surface area contributed by atoms with Crippen LogP contribution in [0.25, 0.3) is 0 Å². The molecule has 0 fully saturated rings. The molecule has 0 radical (unpaired) electrons. The molecule has 0 unspecified atom stereocenters. The summed E-state index contributed by atoms with van der Waals surface area (Å²) in [5.74, 6) is -15.8. The molecule has 0 aromatic heterocycles. The maximum Gasteiger partial charge on any atom is 0.326 e. The van der Waals surface area contributed by atoms with Gasteiger partial charge in [-0.15, -0.1) is 0 Å². The van der Waals surface area contributed by atoms with Gasteiger partial charge in [0.2, 0.25) is 59.1 Å². The van der Waals surface area contributed by atoms with E-state index >= 15 is 0 Å². The van der Waals surface area contributed by atoms with Gasteiger partial charge in [-0.2, -0.15) is 11.8 Å². The van der Waals surface area contributed by atoms with Gasteiger partial charge >= 0.3 is 17.9 Å². The predicted molar refractivity (Wildman–Crippen MR) is 324 cm³/mol. The van der Waals surface area contributed by atoms with Gasteiger partial charge in [0.15, 0.2) is 0 Å². The number of phenolic OH excluding ortho intramolecular Hbond substituents is 1. The zero-order valence-corrected chi connectivity index (χ0v) is 51.6. The number of hydrogen-bond donors (Lipinski definition) is 17. The maximum absolute atomic E-state index is 14.5. The minimum absolute atomic E-state index is 0.0898. The van der Waals surface area contributed by atoms with Crippen LogP contribution in [0, 0.1) is 11.8 Å². The normalized spacial score (nSPS) is 15.2. The smallest absolute Gasteiger partial charge is 0.326 e. The lowest BCUT2D eigenvalue weighted by Crippen LogP contribution is -2.62. The number of unbranched alkanes of at least 4 members (excludes halogenated alkanes) is 1. The summed E-state index contributed by atoms with van der Waals surface area (Å²) in [6.45, 7) is 7.79. The van der Waals surface area contributed by atoms with Crippen LogP contribution in [0.15, 0.2) is 54.6 Å². The molecule has 0 bridgehead atoms. The lowest BCUT2D eigenvalue weighted by molar-refractivity contribution is -0.143. The number of nitrogens with one attached hydrogen (secondary N) is 9. The molecule has 0 aliphatic carbocycles. The van der Waals surface area contributed by atoms with E-state index in [1.807, 2.05) is 0 Å². The third kappa shape index (κ3) is 28.5. The SMILES string of the molecule is CC[C@H](C)[C@H](NC(=O)[C@H](CC(=O)O)NC(=O)[C@H](CC(C)C)NC(=O)[C@H](CC(=O)O)NC(=O)[C@@H](NC(=O)[C@@H](N)CCSC)[C@@H](C)O)C(=O)N[C@@H](CCCCN)C(=O)N[C@@H](Cc1ccccc1)C(=O)N[C@@H](CCC(N)=O)C(=O)N[C@@H](Cc1ccc(O)cc1)C(=O)O. The Morgan fingerprint density at radius 2 is 0.955 bits per heavy atom. The molecular formula is C58H88N12O18S. The summed E-state index contributed by atoms with van der Waals surface area (Å²) in [6.07, 6.45) is -2.57. The number of nitrogens with two attached hydrogens (primary N) is 3. The second kappa shape index (κ2) is 39.5. The van der Waals surface area contributed by atoms with Gasteiger partial charge < -0.3 is 90.6 Å². The minimum atomic E-state index is -1.96. The van der Waals surface area contributed by atoms with Crippen molar-refractivity contribution in [2.24, 2.45) is 29.0 Å². The fourth-order valence-electron chi connectivity index (χ4n) is 8.80. The third-order valence-electron chi connectivity index (χ3n) is 14.0. The first-order chi connectivity index (χ1) is 41.9. The lowest BCUT2D eigenvalue weighted by Gasteiger charge is -2.30. The van der Waals surface area contributed by atoms with E-state index in [4.69, 9.17) is 17.2 Å². The van der Waals surface area contributed by atoms with E-state index in [9.17, 15) is 87.9 Å². The largest absolute Gasteiger partial charge is 0.508 e. The summed E-state index contributed by atoms with van der Waals surface area (Å²) in [7, 11) is 0. The van der Waals surface area contributed by atoms with Crippen LogP contribution in [0.5, 0.6) is 5.75 Å². The number of aliphatic hydroxyl groups is 1. The molecule has 0 saturated carbocycles. The minimum Gasteiger partial charge on any atom is -0.508 e. The van der Waals surface area contributed by atoms with Crippen molar-refractivity contribution in [2.75, 3.05) is 18.6 Å². The van der Waals surface area contributed by atoms with Crippen molar-refractivity contribution >= 4 is 88.7 Å². The number of amides is 10. The van der Waals surface area contributed by atoms with Crippen molar-refractivity contribution in [3.8, 4) is 5.75 Å². The molecule has 0 aliphatic heterocycles. The number of aliphatic carboxylic acids is 3. The van der Waals surface area contributed by atoms with Crippen molar-refractivity contribution < 1.29 is 87.9 Å². The molecule has 0 spiro atoms. The maximum atomic E-state index is 14.5. The average molecular weight is 1270 g/mol. The van der Waals surface area contributed by atoms with Gasteiger partial charge in [0.1, 0.15) is 60.1 Å². The number of rotatable bonds is 42. The van der Waals surface area contributed by atoms with Gasteiger partial charge in [0, 0.05) is 19.3 Å². The van der Waals surface area contributed by atoms with Crippen molar-refractivity contribution in [1.82, 2.24) is 47.9 Å². The number of carbonyl (C=O) groups is 13. The van der Waals surface area contributed by atoms with Crippen LogP contribution >= 0.6 is 11.8 Å². The summed E-state index contributed by atoms with van der Waals surface area (Å²) < 4.78 is 0. The van der Waals surface area contributed by atoms with Gasteiger partial charge in [0.25, 0.3) is 0 Å². The second-order valence-electron chi connectivity index (χ2n) is 21.9. The number of phenols is 1. The highest BCUT2D eigenvalue weighted by atomic mass is 32.2. The molecule has 30 nitrogen and oxygen atoms in total. The number of carbonyl (C=O) groups excluding carboxylic acids is 10. The molecule has 0 aliphatic rings. The zero-order valence-electron chi connectivity index (χ0n) is 50.8. The molecule has 0 saturated heterocycles. The Morgan fingerprint density at radius 1 is 0.517 bits per heavy atom. The highest BCUT2D eigenvalue weighted by Crippen LogP contribution is 2.16. The fraction of sp³-hybridized carbons (Fsp3) is 0.569. The summed E-state index contributed by atoms with van der Waals surface area (Å²) >= 11 is 1.40. The Balaban J connectivity index is 2.50. The standard InChI is InChI=1S/C58H88N12O18S/c1-7-31(4)47(69-55(84)42(29-46(76)77)66-52(81)39(25-30(2)3)64-54(83)41(28-45(74)75)67-57(86)48(32(5)71)70-49(78)36(60)22-24-89-6)56(85)63-37(15-11-12-23-59)50(79)65-40(26-33-13-9-8-10-14-33)53(82)62-38(20-21-44(61)73)51(80)68-43(58(87)88)27-34-16-18-35(72)19-17-34/h8-10,13-14,16-19,30-32,36-43,47-48,71-72H,7,11-12,15,20-29,59-60H2,1-6H3,(H2,61,73)(H,62,82)(H,63,85)(H,64,83)(H,65,79)(H,66,81)(H,67,86)(H,68,80)(H,69,84)(H,70,78)(H,74,75)(H,76,77)(H,87,88)/t31-,32+,36-,37-,38-,39-,40-,41-,42-,43-,47-,48-/m0/s1. The number of aromatic hydroxyl groups is 1. The summed E-state index contributed by atoms with van der Waals surface area (Å²) in [5.41, 5.74) is 18.0. The van der Waals surface area contributed by atoms with E-state index in [1.165, 1.54) is 36.0 Å². The number of benzene rings is 2. The first-order valence-corrected chi connectivity index (χ1v) is 30.4. The zero-order chi connectivity index (χ0) is 67.1. The van der Waals surface area contributed by atoms with E-state index in [-0.39, 0.29) is 57.2 Å². The molecule has 10 amide bonds. The highest BCUT2D eigenvalue weighted by Gasteiger charge is 2.38. The number of thioether (sulfide) groups is 1. The lowest BCUT2D eigenvalue weighted by atomic mass is 9.96. The van der Waals surface area contributed by atoms with Crippen LogP contribution in [0.4, 0.5) is 0 Å². The summed E-state index contributed by atoms with van der Waals surface area (Å²) in [4.78, 5) is 174. The van der Waals surface area contributed by atoms with Gasteiger partial charge in [-0.05, 0) is 99.1 Å². The van der Waals surface area contributed by atoms with E-state index in [1.54, 1.807) is 64.3 Å². The van der Waals surface area contributed by atoms with Gasteiger partial charge in [-0.1, -0.05) is 76.6 Å². The Morgan fingerprint density at radius 3 is 1.47 bits per heavy atom. The first-order valence-electron chi connectivity index (χ1n) is 29.0. The molecule has 20 N–H and O–H groups in total. The highest BCUT2D eigenvalue weighted by molar-refractivity contribution is 7.98. The van der Waals surface area contributed by atoms with Crippen LogP contribution in [0.2, 0.25) is 0 Å². The molecule has 31 heteroatoms. The van der Waals surface area contributed by atoms with Crippen LogP contribution in [0.1, 0.15) is 110 Å². The Bertz CT molecular complexity index is 2720. The summed E-state index contributed by atoms with van der Waals surface area (Å²) in [6, 6.07) is -2.20.